The molecule has 28 heavy (non-hydrogen) atoms. The molecule has 0 bridgehead atoms. The van der Waals surface area contributed by atoms with Crippen LogP contribution in [0.1, 0.15) is 0 Å². The highest BCUT2D eigenvalue weighted by atomic mass is 79.9. The van der Waals surface area contributed by atoms with Crippen LogP contribution in [0.15, 0.2) is 82.0 Å². The molecular formula is C22H12Br2N4. The number of fused-ring (bicyclic) bond motifs is 3. The van der Waals surface area contributed by atoms with E-state index in [9.17, 15) is 0 Å². The third-order valence-corrected chi connectivity index (χ3v) is 5.82. The Morgan fingerprint density at radius 2 is 1.00 bits per heavy atom. The van der Waals surface area contributed by atoms with Crippen LogP contribution in [-0.2, 0) is 0 Å². The molecule has 0 N–H and O–H groups in total. The van der Waals surface area contributed by atoms with Gasteiger partial charge >= 0.3 is 0 Å². The number of nitrogens with zero attached hydrogens (tertiary/aromatic N) is 4. The van der Waals surface area contributed by atoms with Gasteiger partial charge < -0.3 is 0 Å². The van der Waals surface area contributed by atoms with Gasteiger partial charge in [-0.3, -0.25) is 9.97 Å². The van der Waals surface area contributed by atoms with Gasteiger partial charge in [0, 0.05) is 32.1 Å². The van der Waals surface area contributed by atoms with E-state index >= 15 is 0 Å². The summed E-state index contributed by atoms with van der Waals surface area (Å²) >= 11 is 7.39. The van der Waals surface area contributed by atoms with Crippen molar-refractivity contribution in [1.82, 2.24) is 19.9 Å². The lowest BCUT2D eigenvalue weighted by atomic mass is 10.1. The average Bonchev–Trinajstić information content (AvgIpc) is 2.75. The molecule has 0 atom stereocenters. The molecule has 4 aromatic heterocycles. The topological polar surface area (TPSA) is 51.6 Å². The lowest BCUT2D eigenvalue weighted by Crippen LogP contribution is -1.94. The number of halogens is 2. The maximum absolute atomic E-state index is 4.91. The van der Waals surface area contributed by atoms with Crippen LogP contribution in [0.3, 0.4) is 0 Å². The number of aromatic nitrogens is 4. The molecule has 0 aliphatic carbocycles. The molecule has 5 rings (SSSR count). The zero-order valence-corrected chi connectivity index (χ0v) is 17.6. The molecule has 134 valence electrons. The molecule has 0 unspecified atom stereocenters. The van der Waals surface area contributed by atoms with Crippen LogP contribution in [0, 0.1) is 0 Å². The predicted molar refractivity (Wildman–Crippen MR) is 119 cm³/mol. The van der Waals surface area contributed by atoms with Crippen molar-refractivity contribution in [2.24, 2.45) is 0 Å². The molecule has 0 saturated carbocycles. The molecule has 0 amide bonds. The van der Waals surface area contributed by atoms with Crippen molar-refractivity contribution in [2.45, 2.75) is 0 Å². The monoisotopic (exact) mass is 490 g/mol. The van der Waals surface area contributed by atoms with Crippen LogP contribution < -0.4 is 0 Å². The largest absolute Gasteiger partial charge is 0.255 e. The average molecular weight is 492 g/mol. The van der Waals surface area contributed by atoms with E-state index in [1.165, 1.54) is 0 Å². The summed E-state index contributed by atoms with van der Waals surface area (Å²) in [5, 5.41) is 2.01. The predicted octanol–water partition coefficient (Wildman–Crippen LogP) is 6.43. The Morgan fingerprint density at radius 3 is 1.39 bits per heavy atom. The first-order valence-corrected chi connectivity index (χ1v) is 10.2. The van der Waals surface area contributed by atoms with E-state index in [1.54, 1.807) is 12.4 Å². The summed E-state index contributed by atoms with van der Waals surface area (Å²) in [7, 11) is 0. The van der Waals surface area contributed by atoms with E-state index in [2.05, 4.69) is 54.0 Å². The zero-order valence-electron chi connectivity index (χ0n) is 14.5. The molecule has 0 fully saturated rings. The van der Waals surface area contributed by atoms with Crippen molar-refractivity contribution in [3.8, 4) is 22.8 Å². The Kier molecular flexibility index (Phi) is 4.37. The summed E-state index contributed by atoms with van der Waals surface area (Å²) in [4.78, 5) is 18.7. The number of rotatable bonds is 2. The van der Waals surface area contributed by atoms with Gasteiger partial charge in [-0.25, -0.2) is 9.97 Å². The zero-order chi connectivity index (χ0) is 19.1. The smallest absolute Gasteiger partial charge is 0.0984 e. The van der Waals surface area contributed by atoms with Crippen molar-refractivity contribution in [1.29, 1.82) is 0 Å². The van der Waals surface area contributed by atoms with Crippen LogP contribution >= 0.6 is 31.9 Å². The van der Waals surface area contributed by atoms with Crippen LogP contribution in [0.2, 0.25) is 0 Å². The Hall–Kier alpha value is -2.70. The van der Waals surface area contributed by atoms with Crippen molar-refractivity contribution in [3.63, 3.8) is 0 Å². The lowest BCUT2D eigenvalue weighted by Gasteiger charge is -2.10. The van der Waals surface area contributed by atoms with Gasteiger partial charge in [-0.1, -0.05) is 56.1 Å². The third-order valence-electron chi connectivity index (χ3n) is 4.51. The fourth-order valence-corrected chi connectivity index (χ4v) is 4.26. The molecule has 6 heteroatoms. The first kappa shape index (κ1) is 17.4. The summed E-state index contributed by atoms with van der Waals surface area (Å²) in [6.45, 7) is 0. The first-order valence-electron chi connectivity index (χ1n) is 8.63. The highest BCUT2D eigenvalue weighted by Crippen LogP contribution is 2.35. The standard InChI is InChI=1S/C22H12Br2N4/c23-15-11-19(17-5-1-3-9-25-17)27-21-13(15)7-8-14-16(24)12-20(28-22(14)21)18-6-2-4-10-26-18/h1-12H. The maximum atomic E-state index is 4.91. The quantitative estimate of drug-likeness (QED) is 0.267. The molecular weight excluding hydrogens is 480 g/mol. The van der Waals surface area contributed by atoms with Crippen LogP contribution in [-0.4, -0.2) is 19.9 Å². The molecule has 0 spiro atoms. The minimum absolute atomic E-state index is 0.800. The van der Waals surface area contributed by atoms with E-state index in [1.807, 2.05) is 48.5 Å². The van der Waals surface area contributed by atoms with Crippen LogP contribution in [0.5, 0.6) is 0 Å². The minimum atomic E-state index is 0.800. The molecule has 0 saturated heterocycles. The summed E-state index contributed by atoms with van der Waals surface area (Å²) < 4.78 is 1.92. The van der Waals surface area contributed by atoms with Gasteiger partial charge in [-0.2, -0.15) is 0 Å². The Balaban J connectivity index is 1.85. The van der Waals surface area contributed by atoms with Crippen LogP contribution in [0.25, 0.3) is 44.6 Å². The van der Waals surface area contributed by atoms with Gasteiger partial charge in [0.1, 0.15) is 0 Å². The van der Waals surface area contributed by atoms with E-state index in [4.69, 9.17) is 9.97 Å². The Labute approximate surface area is 178 Å². The van der Waals surface area contributed by atoms with Crippen molar-refractivity contribution >= 4 is 53.7 Å². The molecule has 0 aliphatic heterocycles. The molecule has 4 heterocycles. The fourth-order valence-electron chi connectivity index (χ4n) is 3.18. The second kappa shape index (κ2) is 7.04. The second-order valence-corrected chi connectivity index (χ2v) is 7.98. The van der Waals surface area contributed by atoms with Gasteiger partial charge in [-0.05, 0) is 36.4 Å². The van der Waals surface area contributed by atoms with E-state index in [-0.39, 0.29) is 0 Å². The molecule has 0 radical (unpaired) electrons. The van der Waals surface area contributed by atoms with Crippen LogP contribution in [0.4, 0.5) is 0 Å². The summed E-state index contributed by atoms with van der Waals surface area (Å²) in [5.74, 6) is 0. The summed E-state index contributed by atoms with van der Waals surface area (Å²) in [6.07, 6.45) is 3.54. The molecule has 4 nitrogen and oxygen atoms in total. The van der Waals surface area contributed by atoms with Crippen molar-refractivity contribution in [2.75, 3.05) is 0 Å². The highest BCUT2D eigenvalue weighted by Gasteiger charge is 2.14. The number of hydrogen-bond acceptors (Lipinski definition) is 4. The maximum Gasteiger partial charge on any atom is 0.0984 e. The minimum Gasteiger partial charge on any atom is -0.255 e. The third kappa shape index (κ3) is 2.99. The lowest BCUT2D eigenvalue weighted by molar-refractivity contribution is 1.26. The van der Waals surface area contributed by atoms with Gasteiger partial charge in [-0.15, -0.1) is 0 Å². The number of pyridine rings is 4. The Bertz CT molecular complexity index is 1220. The van der Waals surface area contributed by atoms with E-state index < -0.39 is 0 Å². The molecule has 0 aliphatic rings. The second-order valence-electron chi connectivity index (χ2n) is 6.27. The summed E-state index contributed by atoms with van der Waals surface area (Å²) in [5.41, 5.74) is 4.89. The highest BCUT2D eigenvalue weighted by molar-refractivity contribution is 9.11. The van der Waals surface area contributed by atoms with Gasteiger partial charge in [0.25, 0.3) is 0 Å². The van der Waals surface area contributed by atoms with Crippen molar-refractivity contribution < 1.29 is 0 Å². The normalized spacial score (nSPS) is 11.2. The SMILES string of the molecule is Brc1cc(-c2ccccn2)nc2c1ccc1c(Br)cc(-c3ccccn3)nc12. The fraction of sp³-hybridized carbons (Fsp3) is 0. The van der Waals surface area contributed by atoms with Gasteiger partial charge in [0.15, 0.2) is 0 Å². The van der Waals surface area contributed by atoms with E-state index in [0.29, 0.717) is 0 Å². The Morgan fingerprint density at radius 1 is 0.536 bits per heavy atom. The first-order chi connectivity index (χ1) is 13.7. The number of benzene rings is 1. The van der Waals surface area contributed by atoms with Crippen molar-refractivity contribution in [3.05, 3.63) is 82.0 Å². The summed E-state index contributed by atoms with van der Waals surface area (Å²) in [6, 6.07) is 19.7. The molecule has 1 aromatic carbocycles. The van der Waals surface area contributed by atoms with Gasteiger partial charge in [0.05, 0.1) is 33.8 Å². The number of hydrogen-bond donors (Lipinski definition) is 0. The van der Waals surface area contributed by atoms with Gasteiger partial charge in [0.2, 0.25) is 0 Å². The van der Waals surface area contributed by atoms with E-state index in [0.717, 1.165) is 53.5 Å². The molecule has 5 aromatic rings.